The smallest absolute Gasteiger partial charge is 0.315 e. The molecule has 2 aromatic carbocycles. The Balaban J connectivity index is 1.53. The van der Waals surface area contributed by atoms with Gasteiger partial charge in [-0.05, 0) is 16.3 Å². The minimum Gasteiger partial charge on any atom is -0.386 e. The second-order valence-corrected chi connectivity index (χ2v) is 5.66. The number of aliphatic hydroxyl groups is 1. The van der Waals surface area contributed by atoms with Crippen molar-refractivity contribution < 1.29 is 9.90 Å². The van der Waals surface area contributed by atoms with Crippen LogP contribution in [0.4, 0.5) is 4.79 Å². The van der Waals surface area contributed by atoms with Gasteiger partial charge < -0.3 is 15.7 Å². The fraction of sp³-hybridized carbons (Fsp3) is 0.222. The van der Waals surface area contributed by atoms with Gasteiger partial charge in [-0.15, -0.1) is 0 Å². The first kappa shape index (κ1) is 16.0. The van der Waals surface area contributed by atoms with Crippen LogP contribution in [-0.4, -0.2) is 27.5 Å². The maximum atomic E-state index is 11.9. The number of fused-ring (bicyclic) bond motifs is 1. The van der Waals surface area contributed by atoms with Gasteiger partial charge >= 0.3 is 6.03 Å². The van der Waals surface area contributed by atoms with Gasteiger partial charge in [0.05, 0.1) is 12.3 Å². The number of rotatable bonds is 5. The number of benzene rings is 2. The van der Waals surface area contributed by atoms with E-state index in [9.17, 15) is 9.90 Å². The standard InChI is InChI=1S/C18H20N4O2/c1-22-12-15(10-21-22)17(23)11-20-18(24)19-9-14-7-4-6-13-5-2-3-8-16(13)14/h2-8,10,12,17,23H,9,11H2,1H3,(H2,19,20,24)/t17-/m1/s1. The van der Waals surface area contributed by atoms with E-state index in [0.29, 0.717) is 12.1 Å². The molecule has 1 atom stereocenters. The Hall–Kier alpha value is -2.86. The Kier molecular flexibility index (Phi) is 4.77. The van der Waals surface area contributed by atoms with E-state index in [1.165, 1.54) is 0 Å². The van der Waals surface area contributed by atoms with Crippen LogP contribution in [0.5, 0.6) is 0 Å². The van der Waals surface area contributed by atoms with Crippen molar-refractivity contribution >= 4 is 16.8 Å². The van der Waals surface area contributed by atoms with E-state index in [2.05, 4.69) is 15.7 Å². The largest absolute Gasteiger partial charge is 0.386 e. The van der Waals surface area contributed by atoms with Gasteiger partial charge in [0.2, 0.25) is 0 Å². The summed E-state index contributed by atoms with van der Waals surface area (Å²) in [6.45, 7) is 0.559. The van der Waals surface area contributed by atoms with E-state index < -0.39 is 6.10 Å². The van der Waals surface area contributed by atoms with Gasteiger partial charge in [0.25, 0.3) is 0 Å². The molecule has 6 nitrogen and oxygen atoms in total. The molecule has 0 unspecified atom stereocenters. The zero-order chi connectivity index (χ0) is 16.9. The van der Waals surface area contributed by atoms with Gasteiger partial charge in [0, 0.05) is 31.9 Å². The van der Waals surface area contributed by atoms with E-state index in [0.717, 1.165) is 16.3 Å². The maximum absolute atomic E-state index is 11.9. The third-order valence-electron chi connectivity index (χ3n) is 3.88. The normalized spacial score (nSPS) is 12.1. The van der Waals surface area contributed by atoms with E-state index in [4.69, 9.17) is 0 Å². The quantitative estimate of drug-likeness (QED) is 0.672. The number of carbonyl (C=O) groups is 1. The monoisotopic (exact) mass is 324 g/mol. The lowest BCUT2D eigenvalue weighted by Gasteiger charge is -2.12. The van der Waals surface area contributed by atoms with E-state index in [-0.39, 0.29) is 12.6 Å². The molecule has 3 aromatic rings. The first-order chi connectivity index (χ1) is 11.6. The number of nitrogens with zero attached hydrogens (tertiary/aromatic N) is 2. The average Bonchev–Trinajstić information content (AvgIpc) is 3.04. The number of amides is 2. The van der Waals surface area contributed by atoms with Gasteiger partial charge in [0.1, 0.15) is 0 Å². The van der Waals surface area contributed by atoms with E-state index in [1.54, 1.807) is 24.1 Å². The number of carbonyl (C=O) groups excluding carboxylic acids is 1. The molecular weight excluding hydrogens is 304 g/mol. The summed E-state index contributed by atoms with van der Waals surface area (Å²) in [5.74, 6) is 0. The topological polar surface area (TPSA) is 79.2 Å². The van der Waals surface area contributed by atoms with Gasteiger partial charge in [-0.2, -0.15) is 5.10 Å². The van der Waals surface area contributed by atoms with Gasteiger partial charge in [-0.25, -0.2) is 4.79 Å². The van der Waals surface area contributed by atoms with Crippen LogP contribution in [0.3, 0.4) is 0 Å². The van der Waals surface area contributed by atoms with Crippen molar-refractivity contribution in [1.82, 2.24) is 20.4 Å². The molecule has 6 heteroatoms. The first-order valence-corrected chi connectivity index (χ1v) is 7.78. The third kappa shape index (κ3) is 3.72. The fourth-order valence-electron chi connectivity index (χ4n) is 2.60. The summed E-state index contributed by atoms with van der Waals surface area (Å²) < 4.78 is 1.61. The van der Waals surface area contributed by atoms with Crippen LogP contribution in [0.1, 0.15) is 17.2 Å². The number of aliphatic hydroxyl groups excluding tert-OH is 1. The molecule has 3 N–H and O–H groups in total. The third-order valence-corrected chi connectivity index (χ3v) is 3.88. The lowest BCUT2D eigenvalue weighted by atomic mass is 10.0. The zero-order valence-electron chi connectivity index (χ0n) is 13.4. The molecule has 1 aromatic heterocycles. The number of aryl methyl sites for hydroxylation is 1. The minimum absolute atomic E-state index is 0.132. The molecule has 2 amide bonds. The molecule has 0 spiro atoms. The van der Waals surface area contributed by atoms with Crippen LogP contribution in [0.25, 0.3) is 10.8 Å². The number of nitrogens with one attached hydrogen (secondary N) is 2. The highest BCUT2D eigenvalue weighted by Crippen LogP contribution is 2.18. The van der Waals surface area contributed by atoms with Crippen LogP contribution < -0.4 is 10.6 Å². The zero-order valence-corrected chi connectivity index (χ0v) is 13.4. The summed E-state index contributed by atoms with van der Waals surface area (Å²) in [7, 11) is 1.78. The van der Waals surface area contributed by atoms with Gasteiger partial charge in [0.15, 0.2) is 0 Å². The Bertz CT molecular complexity index is 838. The molecule has 0 saturated carbocycles. The molecule has 124 valence electrons. The summed E-state index contributed by atoms with van der Waals surface area (Å²) in [6.07, 6.45) is 2.53. The van der Waals surface area contributed by atoms with E-state index in [1.807, 2.05) is 42.5 Å². The Morgan fingerprint density at radius 1 is 1.21 bits per heavy atom. The Morgan fingerprint density at radius 3 is 2.79 bits per heavy atom. The van der Waals surface area contributed by atoms with Crippen LogP contribution in [-0.2, 0) is 13.6 Å². The molecule has 1 heterocycles. The summed E-state index contributed by atoms with van der Waals surface area (Å²) >= 11 is 0. The van der Waals surface area contributed by atoms with Crippen molar-refractivity contribution in [3.05, 3.63) is 66.0 Å². The first-order valence-electron chi connectivity index (χ1n) is 7.78. The summed E-state index contributed by atoms with van der Waals surface area (Å²) in [4.78, 5) is 11.9. The van der Waals surface area contributed by atoms with Crippen molar-refractivity contribution in [2.24, 2.45) is 7.05 Å². The molecular formula is C18H20N4O2. The molecule has 0 aliphatic rings. The van der Waals surface area contributed by atoms with Crippen molar-refractivity contribution in [2.45, 2.75) is 12.6 Å². The highest BCUT2D eigenvalue weighted by molar-refractivity contribution is 5.86. The molecule has 0 bridgehead atoms. The van der Waals surface area contributed by atoms with Crippen molar-refractivity contribution in [1.29, 1.82) is 0 Å². The van der Waals surface area contributed by atoms with E-state index >= 15 is 0 Å². The molecule has 0 fully saturated rings. The predicted octanol–water partition coefficient (Wildman–Crippen LogP) is 2.11. The summed E-state index contributed by atoms with van der Waals surface area (Å²) in [5.41, 5.74) is 1.72. The summed E-state index contributed by atoms with van der Waals surface area (Å²) in [5, 5.41) is 21.8. The number of aromatic nitrogens is 2. The SMILES string of the molecule is Cn1cc([C@H](O)CNC(=O)NCc2cccc3ccccc23)cn1. The fourth-order valence-corrected chi connectivity index (χ4v) is 2.60. The highest BCUT2D eigenvalue weighted by atomic mass is 16.3. The van der Waals surface area contributed by atoms with Gasteiger partial charge in [-0.3, -0.25) is 4.68 Å². The molecule has 0 saturated heterocycles. The van der Waals surface area contributed by atoms with Crippen LogP contribution >= 0.6 is 0 Å². The molecule has 0 aliphatic carbocycles. The summed E-state index contributed by atoms with van der Waals surface area (Å²) in [6, 6.07) is 13.8. The lowest BCUT2D eigenvalue weighted by Crippen LogP contribution is -2.37. The molecule has 0 radical (unpaired) electrons. The number of urea groups is 1. The van der Waals surface area contributed by atoms with Crippen molar-refractivity contribution in [2.75, 3.05) is 6.54 Å². The second kappa shape index (κ2) is 7.14. The Morgan fingerprint density at radius 2 is 2.00 bits per heavy atom. The van der Waals surface area contributed by atoms with Crippen LogP contribution in [0.15, 0.2) is 54.9 Å². The predicted molar refractivity (Wildman–Crippen MR) is 92.4 cm³/mol. The molecule has 3 rings (SSSR count). The second-order valence-electron chi connectivity index (χ2n) is 5.66. The van der Waals surface area contributed by atoms with Crippen LogP contribution in [0.2, 0.25) is 0 Å². The van der Waals surface area contributed by atoms with Crippen LogP contribution in [0, 0.1) is 0 Å². The van der Waals surface area contributed by atoms with Crippen molar-refractivity contribution in [3.8, 4) is 0 Å². The average molecular weight is 324 g/mol. The van der Waals surface area contributed by atoms with Crippen molar-refractivity contribution in [3.63, 3.8) is 0 Å². The number of hydrogen-bond acceptors (Lipinski definition) is 3. The maximum Gasteiger partial charge on any atom is 0.315 e. The molecule has 24 heavy (non-hydrogen) atoms. The lowest BCUT2D eigenvalue weighted by molar-refractivity contribution is 0.173. The Labute approximate surface area is 140 Å². The van der Waals surface area contributed by atoms with Gasteiger partial charge in [-0.1, -0.05) is 42.5 Å². The molecule has 0 aliphatic heterocycles. The minimum atomic E-state index is -0.776. The highest BCUT2D eigenvalue weighted by Gasteiger charge is 2.11. The number of hydrogen-bond donors (Lipinski definition) is 3.